The van der Waals surface area contributed by atoms with Crippen molar-refractivity contribution < 1.29 is 9.52 Å². The molecule has 0 radical (unpaired) electrons. The van der Waals surface area contributed by atoms with E-state index in [1.165, 1.54) is 11.1 Å². The van der Waals surface area contributed by atoms with Gasteiger partial charge in [-0.15, -0.1) is 24.0 Å². The fourth-order valence-electron chi connectivity index (χ4n) is 2.57. The molecule has 0 saturated carbocycles. The lowest BCUT2D eigenvalue weighted by atomic mass is 10.0. The molecule has 3 N–H and O–H groups in total. The van der Waals surface area contributed by atoms with Crippen molar-refractivity contribution in [2.75, 3.05) is 13.1 Å². The van der Waals surface area contributed by atoms with Crippen LogP contribution in [-0.2, 0) is 5.60 Å². The molecule has 2 unspecified atom stereocenters. The molecule has 0 bridgehead atoms. The summed E-state index contributed by atoms with van der Waals surface area (Å²) in [7, 11) is 0. The number of aliphatic hydroxyl groups is 1. The zero-order valence-corrected chi connectivity index (χ0v) is 17.6. The summed E-state index contributed by atoms with van der Waals surface area (Å²) in [6.07, 6.45) is 1.55. The van der Waals surface area contributed by atoms with E-state index in [4.69, 9.17) is 4.42 Å². The summed E-state index contributed by atoms with van der Waals surface area (Å²) >= 11 is 0. The Morgan fingerprint density at radius 3 is 2.60 bits per heavy atom. The van der Waals surface area contributed by atoms with Gasteiger partial charge in [0, 0.05) is 6.54 Å². The molecule has 1 aromatic carbocycles. The molecule has 0 fully saturated rings. The van der Waals surface area contributed by atoms with E-state index in [2.05, 4.69) is 41.6 Å². The molecule has 6 heteroatoms. The van der Waals surface area contributed by atoms with Crippen molar-refractivity contribution in [1.29, 1.82) is 0 Å². The second-order valence-electron chi connectivity index (χ2n) is 6.17. The smallest absolute Gasteiger partial charge is 0.191 e. The predicted molar refractivity (Wildman–Crippen MR) is 112 cm³/mol. The predicted octanol–water partition coefficient (Wildman–Crippen LogP) is 3.73. The van der Waals surface area contributed by atoms with Gasteiger partial charge in [-0.25, -0.2) is 4.99 Å². The van der Waals surface area contributed by atoms with Crippen LogP contribution in [0.15, 0.2) is 52.1 Å². The summed E-state index contributed by atoms with van der Waals surface area (Å²) in [5.74, 6) is 1.18. The zero-order valence-electron chi connectivity index (χ0n) is 15.2. The van der Waals surface area contributed by atoms with Gasteiger partial charge < -0.3 is 20.2 Å². The number of hydrogen-bond donors (Lipinski definition) is 3. The molecule has 0 aliphatic heterocycles. The van der Waals surface area contributed by atoms with Gasteiger partial charge in [-0.05, 0) is 51.0 Å². The van der Waals surface area contributed by atoms with Crippen molar-refractivity contribution >= 4 is 29.9 Å². The van der Waals surface area contributed by atoms with Crippen molar-refractivity contribution in [1.82, 2.24) is 10.6 Å². The third kappa shape index (κ3) is 6.04. The van der Waals surface area contributed by atoms with Crippen molar-refractivity contribution in [3.8, 4) is 0 Å². The molecule has 25 heavy (non-hydrogen) atoms. The zero-order chi connectivity index (χ0) is 17.6. The highest BCUT2D eigenvalue weighted by Crippen LogP contribution is 2.21. The van der Waals surface area contributed by atoms with Gasteiger partial charge in [0.25, 0.3) is 0 Å². The highest BCUT2D eigenvalue weighted by molar-refractivity contribution is 14.0. The van der Waals surface area contributed by atoms with E-state index in [0.717, 1.165) is 6.54 Å². The van der Waals surface area contributed by atoms with Crippen LogP contribution in [-0.4, -0.2) is 24.2 Å². The van der Waals surface area contributed by atoms with Crippen LogP contribution in [0.4, 0.5) is 0 Å². The molecule has 2 atom stereocenters. The highest BCUT2D eigenvalue weighted by atomic mass is 127. The lowest BCUT2D eigenvalue weighted by molar-refractivity contribution is 0.0437. The lowest BCUT2D eigenvalue weighted by Gasteiger charge is -2.22. The number of guanidine groups is 1. The number of halogens is 1. The Morgan fingerprint density at radius 1 is 1.28 bits per heavy atom. The minimum atomic E-state index is -1.14. The summed E-state index contributed by atoms with van der Waals surface area (Å²) in [6.45, 7) is 8.86. The molecule has 0 spiro atoms. The molecule has 0 saturated heterocycles. The first kappa shape index (κ1) is 21.5. The molecule has 1 aromatic heterocycles. The van der Waals surface area contributed by atoms with Crippen LogP contribution < -0.4 is 10.6 Å². The van der Waals surface area contributed by atoms with Crippen LogP contribution in [0.1, 0.15) is 43.7 Å². The van der Waals surface area contributed by atoms with Gasteiger partial charge in [0.2, 0.25) is 0 Å². The van der Waals surface area contributed by atoms with Gasteiger partial charge in [0.15, 0.2) is 5.96 Å². The third-order valence-electron chi connectivity index (χ3n) is 3.95. The number of nitrogens with zero attached hydrogens (tertiary/aromatic N) is 1. The Kier molecular flexibility index (Phi) is 8.44. The normalized spacial score (nSPS) is 15.0. The average Bonchev–Trinajstić information content (AvgIpc) is 3.08. The monoisotopic (exact) mass is 457 g/mol. The Balaban J connectivity index is 0.00000312. The van der Waals surface area contributed by atoms with Crippen molar-refractivity contribution in [2.45, 2.75) is 39.3 Å². The number of benzene rings is 1. The highest BCUT2D eigenvalue weighted by Gasteiger charge is 2.26. The topological polar surface area (TPSA) is 69.8 Å². The van der Waals surface area contributed by atoms with E-state index in [1.54, 1.807) is 25.3 Å². The van der Waals surface area contributed by atoms with E-state index in [1.807, 2.05) is 19.1 Å². The third-order valence-corrected chi connectivity index (χ3v) is 3.95. The van der Waals surface area contributed by atoms with Gasteiger partial charge in [-0.2, -0.15) is 0 Å². The van der Waals surface area contributed by atoms with Crippen LogP contribution in [0.25, 0.3) is 0 Å². The first-order valence-corrected chi connectivity index (χ1v) is 8.30. The van der Waals surface area contributed by atoms with Gasteiger partial charge >= 0.3 is 0 Å². The molecule has 0 aliphatic rings. The largest absolute Gasteiger partial charge is 0.466 e. The number of rotatable bonds is 6. The maximum absolute atomic E-state index is 10.5. The molecule has 5 nitrogen and oxygen atoms in total. The minimum Gasteiger partial charge on any atom is -0.466 e. The Bertz CT molecular complexity index is 669. The van der Waals surface area contributed by atoms with Gasteiger partial charge in [-0.1, -0.05) is 24.3 Å². The van der Waals surface area contributed by atoms with Gasteiger partial charge in [0.05, 0.1) is 18.8 Å². The number of hydrogen-bond acceptors (Lipinski definition) is 3. The van der Waals surface area contributed by atoms with Crippen molar-refractivity contribution in [3.63, 3.8) is 0 Å². The van der Waals surface area contributed by atoms with Crippen LogP contribution in [0.2, 0.25) is 0 Å². The molecular formula is C19H28IN3O2. The number of aryl methyl sites for hydroxylation is 1. The fourth-order valence-corrected chi connectivity index (χ4v) is 2.57. The summed E-state index contributed by atoms with van der Waals surface area (Å²) in [5.41, 5.74) is 1.31. The number of aliphatic imine (C=N–C) groups is 1. The Labute approximate surface area is 167 Å². The van der Waals surface area contributed by atoms with E-state index in [0.29, 0.717) is 11.7 Å². The number of nitrogens with one attached hydrogen (secondary N) is 2. The first-order valence-electron chi connectivity index (χ1n) is 8.30. The number of furan rings is 1. The van der Waals surface area contributed by atoms with Gasteiger partial charge in [0.1, 0.15) is 11.4 Å². The van der Waals surface area contributed by atoms with Gasteiger partial charge in [-0.3, -0.25) is 0 Å². The molecule has 138 valence electrons. The SMILES string of the molecule is CCNC(=NCC(C)(O)c1ccco1)NC(C)c1ccccc1C.I. The van der Waals surface area contributed by atoms with E-state index in [9.17, 15) is 5.11 Å². The van der Waals surface area contributed by atoms with Crippen molar-refractivity contribution in [3.05, 3.63) is 59.5 Å². The fraction of sp³-hybridized carbons (Fsp3) is 0.421. The van der Waals surface area contributed by atoms with Crippen LogP contribution in [0.3, 0.4) is 0 Å². The lowest BCUT2D eigenvalue weighted by Crippen LogP contribution is -2.40. The van der Waals surface area contributed by atoms with E-state index < -0.39 is 5.60 Å². The first-order chi connectivity index (χ1) is 11.4. The van der Waals surface area contributed by atoms with Crippen LogP contribution in [0, 0.1) is 6.92 Å². The Hall–Kier alpha value is -1.54. The van der Waals surface area contributed by atoms with E-state index in [-0.39, 0.29) is 36.6 Å². The molecule has 1 heterocycles. The Morgan fingerprint density at radius 2 is 2.00 bits per heavy atom. The molecule has 0 aliphatic carbocycles. The summed E-state index contributed by atoms with van der Waals surface area (Å²) in [6, 6.07) is 11.9. The second-order valence-corrected chi connectivity index (χ2v) is 6.17. The standard InChI is InChI=1S/C19H27N3O2.HI/c1-5-20-18(21-13-19(4,23)17-11-8-12-24-17)22-15(3)16-10-7-6-9-14(16)2;/h6-12,15,23H,5,13H2,1-4H3,(H2,20,21,22);1H. The van der Waals surface area contributed by atoms with Crippen LogP contribution >= 0.6 is 24.0 Å². The van der Waals surface area contributed by atoms with Crippen LogP contribution in [0.5, 0.6) is 0 Å². The summed E-state index contributed by atoms with van der Waals surface area (Å²) < 4.78 is 5.30. The van der Waals surface area contributed by atoms with E-state index >= 15 is 0 Å². The molecule has 2 rings (SSSR count). The minimum absolute atomic E-state index is 0. The summed E-state index contributed by atoms with van der Waals surface area (Å²) in [5, 5.41) is 17.1. The average molecular weight is 457 g/mol. The quantitative estimate of drug-likeness (QED) is 0.351. The molecule has 0 amide bonds. The maximum Gasteiger partial charge on any atom is 0.191 e. The molecule has 2 aromatic rings. The second kappa shape index (κ2) is 9.82. The summed E-state index contributed by atoms with van der Waals surface area (Å²) in [4.78, 5) is 4.52. The maximum atomic E-state index is 10.5. The molecular weight excluding hydrogens is 429 g/mol. The van der Waals surface area contributed by atoms with Crippen molar-refractivity contribution in [2.24, 2.45) is 4.99 Å².